The Labute approximate surface area is 141 Å². The lowest BCUT2D eigenvalue weighted by molar-refractivity contribution is 0.0999. The van der Waals surface area contributed by atoms with Crippen LogP contribution < -0.4 is 16.2 Å². The fraction of sp³-hybridized carbons (Fsp3) is 0.312. The van der Waals surface area contributed by atoms with Crippen LogP contribution in [0.15, 0.2) is 29.1 Å². The molecule has 8 heteroatoms. The molecule has 4 rings (SSSR count). The summed E-state index contributed by atoms with van der Waals surface area (Å²) in [4.78, 5) is 34.3. The van der Waals surface area contributed by atoms with Crippen molar-refractivity contribution in [3.05, 3.63) is 40.2 Å². The quantitative estimate of drug-likeness (QED) is 0.743. The van der Waals surface area contributed by atoms with E-state index in [0.29, 0.717) is 23.9 Å². The molecule has 3 aromatic rings. The monoisotopic (exact) mass is 343 g/mol. The van der Waals surface area contributed by atoms with Crippen LogP contribution in [0.5, 0.6) is 0 Å². The Bertz CT molecular complexity index is 1000. The summed E-state index contributed by atoms with van der Waals surface area (Å²) in [5.74, 6) is -0.321. The lowest BCUT2D eigenvalue weighted by Gasteiger charge is -2.33. The number of nitrogens with zero attached hydrogens (tertiary/aromatic N) is 4. The van der Waals surface area contributed by atoms with Gasteiger partial charge in [0, 0.05) is 26.2 Å². The first-order valence-electron chi connectivity index (χ1n) is 7.74. The van der Waals surface area contributed by atoms with Crippen LogP contribution in [0, 0.1) is 0 Å². The number of thiazole rings is 1. The second-order valence-electron chi connectivity index (χ2n) is 5.96. The summed E-state index contributed by atoms with van der Waals surface area (Å²) in [6.45, 7) is 3.13. The van der Waals surface area contributed by atoms with Crippen molar-refractivity contribution in [2.75, 3.05) is 38.1 Å². The molecule has 1 aromatic carbocycles. The summed E-state index contributed by atoms with van der Waals surface area (Å²) < 4.78 is 2.44. The molecule has 2 aromatic heterocycles. The molecule has 0 spiro atoms. The molecular weight excluding hydrogens is 326 g/mol. The van der Waals surface area contributed by atoms with Gasteiger partial charge in [-0.3, -0.25) is 14.0 Å². The number of hydrogen-bond donors (Lipinski definition) is 1. The normalized spacial score (nSPS) is 16.1. The fourth-order valence-electron chi connectivity index (χ4n) is 3.06. The number of likely N-dealkylation sites (N-methyl/N-ethyl adjacent to an activating group) is 1. The smallest absolute Gasteiger partial charge is 0.274 e. The minimum atomic E-state index is -0.730. The average molecular weight is 343 g/mol. The largest absolute Gasteiger partial charge is 0.365 e. The first-order chi connectivity index (χ1) is 11.6. The minimum Gasteiger partial charge on any atom is -0.365 e. The molecule has 3 heterocycles. The van der Waals surface area contributed by atoms with Gasteiger partial charge in [-0.25, -0.2) is 4.98 Å². The Hall–Kier alpha value is -2.45. The third kappa shape index (κ3) is 2.26. The van der Waals surface area contributed by atoms with E-state index < -0.39 is 5.91 Å². The molecule has 0 saturated carbocycles. The van der Waals surface area contributed by atoms with E-state index in [4.69, 9.17) is 5.73 Å². The van der Waals surface area contributed by atoms with Crippen LogP contribution in [-0.4, -0.2) is 53.4 Å². The topological polar surface area (TPSA) is 83.9 Å². The number of aromatic nitrogens is 2. The summed E-state index contributed by atoms with van der Waals surface area (Å²) in [5, 5.41) is 0. The number of benzene rings is 1. The van der Waals surface area contributed by atoms with Gasteiger partial charge in [-0.15, -0.1) is 0 Å². The molecule has 0 atom stereocenters. The van der Waals surface area contributed by atoms with Gasteiger partial charge in [0.25, 0.3) is 11.5 Å². The third-order valence-electron chi connectivity index (χ3n) is 4.39. The van der Waals surface area contributed by atoms with Crippen LogP contribution in [-0.2, 0) is 0 Å². The van der Waals surface area contributed by atoms with Crippen LogP contribution in [0.4, 0.5) is 5.82 Å². The van der Waals surface area contributed by atoms with Gasteiger partial charge < -0.3 is 15.5 Å². The van der Waals surface area contributed by atoms with Crippen molar-refractivity contribution < 1.29 is 4.79 Å². The number of carbonyl (C=O) groups excluding carboxylic acids is 1. The number of piperazine rings is 1. The Kier molecular flexibility index (Phi) is 3.50. The zero-order chi connectivity index (χ0) is 16.8. The maximum atomic E-state index is 13.0. The van der Waals surface area contributed by atoms with Gasteiger partial charge >= 0.3 is 0 Å². The summed E-state index contributed by atoms with van der Waals surface area (Å²) in [6, 6.07) is 7.56. The number of rotatable bonds is 2. The molecule has 0 unspecified atom stereocenters. The third-order valence-corrected chi connectivity index (χ3v) is 5.41. The maximum Gasteiger partial charge on any atom is 0.274 e. The molecule has 24 heavy (non-hydrogen) atoms. The number of fused-ring (bicyclic) bond motifs is 3. The van der Waals surface area contributed by atoms with E-state index in [9.17, 15) is 9.59 Å². The number of primary amides is 1. The number of hydrogen-bond acceptors (Lipinski definition) is 6. The van der Waals surface area contributed by atoms with Crippen LogP contribution in [0.1, 0.15) is 10.4 Å². The SMILES string of the molecule is CN1CCN(c2nc3sc4ccccc4n3c(=O)c2C(N)=O)CC1. The van der Waals surface area contributed by atoms with E-state index >= 15 is 0 Å². The Morgan fingerprint density at radius 2 is 1.92 bits per heavy atom. The van der Waals surface area contributed by atoms with E-state index in [1.165, 1.54) is 15.7 Å². The lowest BCUT2D eigenvalue weighted by Crippen LogP contribution is -2.46. The van der Waals surface area contributed by atoms with Gasteiger partial charge in [0.1, 0.15) is 5.56 Å². The van der Waals surface area contributed by atoms with Crippen LogP contribution in [0.3, 0.4) is 0 Å². The predicted molar refractivity (Wildman–Crippen MR) is 95.1 cm³/mol. The Balaban J connectivity index is 1.99. The van der Waals surface area contributed by atoms with E-state index in [-0.39, 0.29) is 11.1 Å². The highest BCUT2D eigenvalue weighted by molar-refractivity contribution is 7.23. The molecule has 0 aliphatic carbocycles. The minimum absolute atomic E-state index is 0.0272. The van der Waals surface area contributed by atoms with Gasteiger partial charge in [0.2, 0.25) is 0 Å². The van der Waals surface area contributed by atoms with E-state index in [1.54, 1.807) is 0 Å². The van der Waals surface area contributed by atoms with Crippen molar-refractivity contribution in [1.29, 1.82) is 0 Å². The zero-order valence-electron chi connectivity index (χ0n) is 13.2. The van der Waals surface area contributed by atoms with Crippen LogP contribution in [0.2, 0.25) is 0 Å². The predicted octanol–water partition coefficient (Wildman–Crippen LogP) is 0.760. The summed E-state index contributed by atoms with van der Waals surface area (Å²) in [6.07, 6.45) is 0. The number of nitrogens with two attached hydrogens (primary N) is 1. The second kappa shape index (κ2) is 5.57. The first kappa shape index (κ1) is 15.1. The molecule has 1 fully saturated rings. The van der Waals surface area contributed by atoms with Crippen LogP contribution >= 0.6 is 11.3 Å². The van der Waals surface area contributed by atoms with Gasteiger partial charge in [0.15, 0.2) is 10.8 Å². The standard InChI is InChI=1S/C16H17N5O2S/c1-19-6-8-20(9-7-19)14-12(13(17)22)15(23)21-10-4-2-3-5-11(10)24-16(21)18-14/h2-5H,6-9H2,1H3,(H2,17,22). The van der Waals surface area contributed by atoms with E-state index in [1.807, 2.05) is 36.2 Å². The molecule has 124 valence electrons. The van der Waals surface area contributed by atoms with Gasteiger partial charge in [0.05, 0.1) is 10.2 Å². The molecular formula is C16H17N5O2S. The molecule has 0 radical (unpaired) electrons. The van der Waals surface area contributed by atoms with E-state index in [2.05, 4.69) is 9.88 Å². The molecule has 1 saturated heterocycles. The van der Waals surface area contributed by atoms with Gasteiger partial charge in [-0.1, -0.05) is 23.5 Å². The number of para-hydroxylation sites is 1. The highest BCUT2D eigenvalue weighted by Crippen LogP contribution is 2.26. The second-order valence-corrected chi connectivity index (χ2v) is 6.97. The zero-order valence-corrected chi connectivity index (χ0v) is 14.0. The summed E-state index contributed by atoms with van der Waals surface area (Å²) in [7, 11) is 2.05. The van der Waals surface area contributed by atoms with Crippen molar-refractivity contribution in [3.8, 4) is 0 Å². The Morgan fingerprint density at radius 3 is 2.62 bits per heavy atom. The fourth-order valence-corrected chi connectivity index (χ4v) is 4.07. The Morgan fingerprint density at radius 1 is 1.21 bits per heavy atom. The summed E-state index contributed by atoms with van der Waals surface area (Å²) in [5.41, 5.74) is 5.86. The number of carbonyl (C=O) groups is 1. The van der Waals surface area contributed by atoms with Gasteiger partial charge in [-0.2, -0.15) is 0 Å². The van der Waals surface area contributed by atoms with Crippen molar-refractivity contribution in [2.45, 2.75) is 0 Å². The molecule has 1 aliphatic heterocycles. The highest BCUT2D eigenvalue weighted by Gasteiger charge is 2.25. The molecule has 1 aliphatic rings. The lowest BCUT2D eigenvalue weighted by atomic mass is 10.2. The number of anilines is 1. The van der Waals surface area contributed by atoms with Crippen LogP contribution in [0.25, 0.3) is 15.2 Å². The molecule has 7 nitrogen and oxygen atoms in total. The van der Waals surface area contributed by atoms with Crippen molar-refractivity contribution in [1.82, 2.24) is 14.3 Å². The average Bonchev–Trinajstić information content (AvgIpc) is 2.93. The van der Waals surface area contributed by atoms with Gasteiger partial charge in [-0.05, 0) is 19.2 Å². The molecule has 0 bridgehead atoms. The first-order valence-corrected chi connectivity index (χ1v) is 8.55. The maximum absolute atomic E-state index is 13.0. The number of amides is 1. The summed E-state index contributed by atoms with van der Waals surface area (Å²) >= 11 is 1.44. The van der Waals surface area contributed by atoms with Crippen molar-refractivity contribution >= 4 is 38.2 Å². The molecule has 2 N–H and O–H groups in total. The van der Waals surface area contributed by atoms with Crippen molar-refractivity contribution in [2.24, 2.45) is 5.73 Å². The van der Waals surface area contributed by atoms with E-state index in [0.717, 1.165) is 23.3 Å². The molecule has 1 amide bonds. The highest BCUT2D eigenvalue weighted by atomic mass is 32.1. The van der Waals surface area contributed by atoms with Crippen molar-refractivity contribution in [3.63, 3.8) is 0 Å².